The molecule has 7 heteroatoms. The molecule has 1 heterocycles. The predicted molar refractivity (Wildman–Crippen MR) is 60.5 cm³/mol. The van der Waals surface area contributed by atoms with Crippen LogP contribution < -0.4 is 11.3 Å². The number of aromatic nitrogens is 2. The molecule has 0 saturated carbocycles. The monoisotopic (exact) mass is 243 g/mol. The fraction of sp³-hybridized carbons (Fsp3) is 0.444. The molecule has 0 amide bonds. The van der Waals surface area contributed by atoms with Crippen LogP contribution in [0.3, 0.4) is 0 Å². The zero-order valence-electron chi connectivity index (χ0n) is 8.77. The third-order valence-electron chi connectivity index (χ3n) is 1.81. The molecule has 4 N–H and O–H groups in total. The van der Waals surface area contributed by atoms with Gasteiger partial charge in [-0.25, -0.2) is 4.98 Å². The molecule has 0 saturated heterocycles. The maximum Gasteiger partial charge on any atom is 0.317 e. The Labute approximate surface area is 96.3 Å². The number of aryl methyl sites for hydroxylation is 1. The predicted octanol–water partition coefficient (Wildman–Crippen LogP) is -0.0276. The van der Waals surface area contributed by atoms with Gasteiger partial charge < -0.3 is 15.8 Å². The van der Waals surface area contributed by atoms with E-state index in [1.165, 1.54) is 6.07 Å². The third kappa shape index (κ3) is 3.67. The summed E-state index contributed by atoms with van der Waals surface area (Å²) >= 11 is 1.00. The SMILES string of the molecule is Cc1cc(=O)[nH]c(SC(CCN)C(=O)O)n1. The van der Waals surface area contributed by atoms with E-state index >= 15 is 0 Å². The van der Waals surface area contributed by atoms with Crippen LogP contribution in [0.4, 0.5) is 0 Å². The molecule has 88 valence electrons. The first-order valence-corrected chi connectivity index (χ1v) is 5.58. The summed E-state index contributed by atoms with van der Waals surface area (Å²) in [5.41, 5.74) is 5.58. The van der Waals surface area contributed by atoms with E-state index in [2.05, 4.69) is 9.97 Å². The maximum absolute atomic E-state index is 11.1. The van der Waals surface area contributed by atoms with Gasteiger partial charge in [-0.05, 0) is 19.9 Å². The number of H-pyrrole nitrogens is 1. The van der Waals surface area contributed by atoms with Crippen LogP contribution in [0.5, 0.6) is 0 Å². The minimum atomic E-state index is -0.959. The average molecular weight is 243 g/mol. The van der Waals surface area contributed by atoms with Crippen molar-refractivity contribution in [2.24, 2.45) is 5.73 Å². The van der Waals surface area contributed by atoms with Crippen molar-refractivity contribution in [1.29, 1.82) is 0 Å². The Hall–Kier alpha value is -1.34. The van der Waals surface area contributed by atoms with Gasteiger partial charge in [0.1, 0.15) is 5.25 Å². The van der Waals surface area contributed by atoms with Gasteiger partial charge >= 0.3 is 5.97 Å². The van der Waals surface area contributed by atoms with Gasteiger partial charge in [-0.2, -0.15) is 0 Å². The van der Waals surface area contributed by atoms with Crippen molar-refractivity contribution in [1.82, 2.24) is 9.97 Å². The minimum absolute atomic E-state index is 0.278. The van der Waals surface area contributed by atoms with Crippen molar-refractivity contribution in [2.45, 2.75) is 23.8 Å². The lowest BCUT2D eigenvalue weighted by Gasteiger charge is -2.09. The molecule has 16 heavy (non-hydrogen) atoms. The Balaban J connectivity index is 2.84. The summed E-state index contributed by atoms with van der Waals surface area (Å²) in [4.78, 5) is 28.5. The van der Waals surface area contributed by atoms with Crippen molar-refractivity contribution in [3.8, 4) is 0 Å². The largest absolute Gasteiger partial charge is 0.480 e. The van der Waals surface area contributed by atoms with Gasteiger partial charge in [0.2, 0.25) is 0 Å². The summed E-state index contributed by atoms with van der Waals surface area (Å²) < 4.78 is 0. The van der Waals surface area contributed by atoms with E-state index in [0.717, 1.165) is 11.8 Å². The van der Waals surface area contributed by atoms with Crippen LogP contribution in [0.2, 0.25) is 0 Å². The second-order valence-corrected chi connectivity index (χ2v) is 4.41. The highest BCUT2D eigenvalue weighted by Gasteiger charge is 2.19. The average Bonchev–Trinajstić information content (AvgIpc) is 2.15. The second-order valence-electron chi connectivity index (χ2n) is 3.21. The van der Waals surface area contributed by atoms with Gasteiger partial charge in [-0.1, -0.05) is 11.8 Å². The van der Waals surface area contributed by atoms with Crippen LogP contribution >= 0.6 is 11.8 Å². The van der Waals surface area contributed by atoms with E-state index < -0.39 is 11.2 Å². The first-order valence-electron chi connectivity index (χ1n) is 4.70. The molecular formula is C9H13N3O3S. The Morgan fingerprint density at radius 3 is 2.94 bits per heavy atom. The zero-order chi connectivity index (χ0) is 12.1. The number of rotatable bonds is 5. The Morgan fingerprint density at radius 1 is 1.75 bits per heavy atom. The summed E-state index contributed by atoms with van der Waals surface area (Å²) in [5, 5.41) is 8.53. The quantitative estimate of drug-likeness (QED) is 0.495. The number of nitrogens with zero attached hydrogens (tertiary/aromatic N) is 1. The molecule has 1 atom stereocenters. The molecular weight excluding hydrogens is 230 g/mol. The highest BCUT2D eigenvalue weighted by molar-refractivity contribution is 8.00. The standard InChI is InChI=1S/C9H13N3O3S/c1-5-4-7(13)12-9(11-5)16-6(2-3-10)8(14)15/h4,6H,2-3,10H2,1H3,(H,14,15)(H,11,12,13). The first kappa shape index (κ1) is 12.7. The first-order chi connectivity index (χ1) is 7.52. The number of aliphatic carboxylic acids is 1. The summed E-state index contributed by atoms with van der Waals surface area (Å²) in [6, 6.07) is 1.35. The highest BCUT2D eigenvalue weighted by Crippen LogP contribution is 2.21. The van der Waals surface area contributed by atoms with Crippen LogP contribution in [0, 0.1) is 6.92 Å². The van der Waals surface area contributed by atoms with Gasteiger partial charge in [0.15, 0.2) is 5.16 Å². The molecule has 0 radical (unpaired) electrons. The summed E-state index contributed by atoms with van der Waals surface area (Å²) in [5.74, 6) is -0.959. The van der Waals surface area contributed by atoms with E-state index in [1.54, 1.807) is 6.92 Å². The van der Waals surface area contributed by atoms with Gasteiger partial charge in [-0.15, -0.1) is 0 Å². The van der Waals surface area contributed by atoms with Gasteiger partial charge in [0.05, 0.1) is 0 Å². The summed E-state index contributed by atoms with van der Waals surface area (Å²) in [6.07, 6.45) is 0.331. The number of aromatic amines is 1. The molecule has 0 aliphatic rings. The highest BCUT2D eigenvalue weighted by atomic mass is 32.2. The van der Waals surface area contributed by atoms with Gasteiger partial charge in [0, 0.05) is 11.8 Å². The molecule has 1 rings (SSSR count). The smallest absolute Gasteiger partial charge is 0.317 e. The van der Waals surface area contributed by atoms with Crippen LogP contribution in [-0.2, 0) is 4.79 Å². The fourth-order valence-electron chi connectivity index (χ4n) is 1.13. The molecule has 0 aromatic carbocycles. The molecule has 1 aromatic heterocycles. The van der Waals surface area contributed by atoms with Crippen molar-refractivity contribution in [3.05, 3.63) is 22.1 Å². The Kier molecular flexibility index (Phi) is 4.51. The molecule has 6 nitrogen and oxygen atoms in total. The van der Waals surface area contributed by atoms with E-state index in [1.807, 2.05) is 0 Å². The fourth-order valence-corrected chi connectivity index (χ4v) is 2.11. The lowest BCUT2D eigenvalue weighted by Crippen LogP contribution is -2.21. The van der Waals surface area contributed by atoms with Crippen LogP contribution in [0.15, 0.2) is 16.0 Å². The van der Waals surface area contributed by atoms with E-state index in [4.69, 9.17) is 10.8 Å². The molecule has 0 bridgehead atoms. The maximum atomic E-state index is 11.1. The van der Waals surface area contributed by atoms with Crippen LogP contribution in [0.25, 0.3) is 0 Å². The summed E-state index contributed by atoms with van der Waals surface area (Å²) in [6.45, 7) is 1.96. The Bertz CT molecular complexity index is 432. The van der Waals surface area contributed by atoms with Crippen LogP contribution in [0.1, 0.15) is 12.1 Å². The van der Waals surface area contributed by atoms with E-state index in [-0.39, 0.29) is 12.1 Å². The number of hydrogen-bond donors (Lipinski definition) is 3. The van der Waals surface area contributed by atoms with E-state index in [9.17, 15) is 9.59 Å². The third-order valence-corrected chi connectivity index (χ3v) is 2.94. The van der Waals surface area contributed by atoms with Crippen molar-refractivity contribution >= 4 is 17.7 Å². The van der Waals surface area contributed by atoms with Gasteiger partial charge in [0.25, 0.3) is 5.56 Å². The molecule has 0 spiro atoms. The molecule has 0 fully saturated rings. The Morgan fingerprint density at radius 2 is 2.44 bits per heavy atom. The zero-order valence-corrected chi connectivity index (χ0v) is 9.58. The number of nitrogens with two attached hydrogens (primary N) is 1. The number of carboxylic acids is 1. The number of carbonyl (C=O) groups is 1. The number of hydrogen-bond acceptors (Lipinski definition) is 5. The van der Waals surface area contributed by atoms with Crippen molar-refractivity contribution < 1.29 is 9.90 Å². The van der Waals surface area contributed by atoms with E-state index in [0.29, 0.717) is 17.3 Å². The van der Waals surface area contributed by atoms with Crippen LogP contribution in [-0.4, -0.2) is 32.8 Å². The molecule has 1 aromatic rings. The summed E-state index contributed by atoms with van der Waals surface area (Å²) in [7, 11) is 0. The normalized spacial score (nSPS) is 12.4. The van der Waals surface area contributed by atoms with Gasteiger partial charge in [-0.3, -0.25) is 9.59 Å². The minimum Gasteiger partial charge on any atom is -0.480 e. The van der Waals surface area contributed by atoms with Crippen molar-refractivity contribution in [2.75, 3.05) is 6.54 Å². The number of carboxylic acid groups (broad SMARTS) is 1. The number of thioether (sulfide) groups is 1. The number of nitrogens with one attached hydrogen (secondary N) is 1. The second kappa shape index (κ2) is 5.66. The van der Waals surface area contributed by atoms with Crippen molar-refractivity contribution in [3.63, 3.8) is 0 Å². The topological polar surface area (TPSA) is 109 Å². The lowest BCUT2D eigenvalue weighted by molar-refractivity contribution is -0.136. The lowest BCUT2D eigenvalue weighted by atomic mass is 10.3. The molecule has 0 aliphatic heterocycles. The molecule has 1 unspecified atom stereocenters. The molecule has 0 aliphatic carbocycles.